The largest absolute Gasteiger partial charge is 0.497 e. The van der Waals surface area contributed by atoms with Gasteiger partial charge in [-0.05, 0) is 116 Å². The number of carboxylic acids is 1. The van der Waals surface area contributed by atoms with Crippen LogP contribution in [0.1, 0.15) is 55.8 Å². The molecule has 1 aliphatic rings. The number of thiophene rings is 1. The van der Waals surface area contributed by atoms with E-state index >= 15 is 0 Å². The van der Waals surface area contributed by atoms with Gasteiger partial charge in [0.05, 0.1) is 18.7 Å². The van der Waals surface area contributed by atoms with Crippen molar-refractivity contribution in [2.24, 2.45) is 11.8 Å². The van der Waals surface area contributed by atoms with E-state index in [4.69, 9.17) is 4.74 Å². The SMILES string of the molecule is COc1ccc2nccc(C(O)CC[C@@H]3CCN(CCCc4ccsc4)C[C@@H]3CCC(=O)O)c2c1. The Labute approximate surface area is 211 Å². The number of hydrogen-bond donors (Lipinski definition) is 2. The van der Waals surface area contributed by atoms with Crippen LogP contribution in [-0.2, 0) is 11.2 Å². The molecular formula is C28H36N2O4S. The van der Waals surface area contributed by atoms with Gasteiger partial charge in [0.25, 0.3) is 0 Å². The highest BCUT2D eigenvalue weighted by Crippen LogP contribution is 2.35. The summed E-state index contributed by atoms with van der Waals surface area (Å²) in [5, 5.41) is 25.7. The minimum Gasteiger partial charge on any atom is -0.497 e. The fraction of sp³-hybridized carbons (Fsp3) is 0.500. The van der Waals surface area contributed by atoms with Crippen molar-refractivity contribution in [3.05, 3.63) is 58.4 Å². The number of carbonyl (C=O) groups is 1. The summed E-state index contributed by atoms with van der Waals surface area (Å²) in [7, 11) is 1.64. The van der Waals surface area contributed by atoms with Gasteiger partial charge >= 0.3 is 5.97 Å². The molecular weight excluding hydrogens is 460 g/mol. The van der Waals surface area contributed by atoms with Crippen molar-refractivity contribution in [3.8, 4) is 5.75 Å². The number of pyridine rings is 1. The smallest absolute Gasteiger partial charge is 0.303 e. The van der Waals surface area contributed by atoms with E-state index in [1.165, 1.54) is 5.56 Å². The summed E-state index contributed by atoms with van der Waals surface area (Å²) < 4.78 is 5.37. The second-order valence-electron chi connectivity index (χ2n) is 9.65. The number of aliphatic carboxylic acids is 1. The number of nitrogens with zero attached hydrogens (tertiary/aromatic N) is 2. The average Bonchev–Trinajstić information content (AvgIpc) is 3.39. The third-order valence-corrected chi connectivity index (χ3v) is 8.11. The summed E-state index contributed by atoms with van der Waals surface area (Å²) in [6.45, 7) is 3.05. The van der Waals surface area contributed by atoms with Crippen molar-refractivity contribution in [2.45, 2.75) is 51.0 Å². The van der Waals surface area contributed by atoms with Crippen molar-refractivity contribution in [3.63, 3.8) is 0 Å². The molecule has 1 saturated heterocycles. The lowest BCUT2D eigenvalue weighted by atomic mass is 9.79. The van der Waals surface area contributed by atoms with Gasteiger partial charge in [-0.1, -0.05) is 0 Å². The molecule has 2 N–H and O–H groups in total. The number of fused-ring (bicyclic) bond motifs is 1. The number of aliphatic hydroxyl groups excluding tert-OH is 1. The number of rotatable bonds is 12. The van der Waals surface area contributed by atoms with Gasteiger partial charge in [0, 0.05) is 24.5 Å². The van der Waals surface area contributed by atoms with E-state index in [-0.39, 0.29) is 6.42 Å². The predicted octanol–water partition coefficient (Wildman–Crippen LogP) is 5.55. The molecule has 1 unspecified atom stereocenters. The van der Waals surface area contributed by atoms with E-state index < -0.39 is 12.1 Å². The van der Waals surface area contributed by atoms with Gasteiger partial charge in [0.15, 0.2) is 0 Å². The molecule has 6 nitrogen and oxygen atoms in total. The van der Waals surface area contributed by atoms with Crippen LogP contribution in [0.4, 0.5) is 0 Å². The number of hydrogen-bond acceptors (Lipinski definition) is 6. The number of ether oxygens (including phenoxy) is 1. The standard InChI is InChI=1S/C28H36N2O4S/c1-34-23-6-7-26-25(17-23)24(10-13-29-26)27(31)8-4-21-11-15-30(18-22(21)5-9-28(32)33)14-2-3-20-12-16-35-19-20/h6-7,10,12-13,16-17,19,21-22,27,31H,2-5,8-9,11,14-15,18H2,1H3,(H,32,33)/t21-,22+,27?/m1/s1. The van der Waals surface area contributed by atoms with Gasteiger partial charge in [0.2, 0.25) is 0 Å². The van der Waals surface area contributed by atoms with Crippen LogP contribution in [-0.4, -0.2) is 52.8 Å². The predicted molar refractivity (Wildman–Crippen MR) is 140 cm³/mol. The fourth-order valence-electron chi connectivity index (χ4n) is 5.41. The summed E-state index contributed by atoms with van der Waals surface area (Å²) in [5.74, 6) is 0.803. The zero-order chi connectivity index (χ0) is 24.6. The fourth-order valence-corrected chi connectivity index (χ4v) is 6.11. The van der Waals surface area contributed by atoms with Crippen LogP contribution in [0.5, 0.6) is 5.75 Å². The summed E-state index contributed by atoms with van der Waals surface area (Å²) in [4.78, 5) is 18.2. The van der Waals surface area contributed by atoms with Crippen LogP contribution in [0, 0.1) is 11.8 Å². The van der Waals surface area contributed by atoms with E-state index in [1.807, 2.05) is 24.3 Å². The number of aromatic nitrogens is 1. The van der Waals surface area contributed by atoms with Gasteiger partial charge in [0.1, 0.15) is 5.75 Å². The van der Waals surface area contributed by atoms with Crippen molar-refractivity contribution < 1.29 is 19.7 Å². The molecule has 3 aromatic rings. The Morgan fingerprint density at radius 3 is 2.91 bits per heavy atom. The number of piperidine rings is 1. The van der Waals surface area contributed by atoms with E-state index in [9.17, 15) is 15.0 Å². The summed E-state index contributed by atoms with van der Waals surface area (Å²) in [5.41, 5.74) is 3.13. The van der Waals surface area contributed by atoms with Gasteiger partial charge in [-0.3, -0.25) is 9.78 Å². The molecule has 35 heavy (non-hydrogen) atoms. The van der Waals surface area contributed by atoms with Crippen molar-refractivity contribution in [1.82, 2.24) is 9.88 Å². The van der Waals surface area contributed by atoms with Gasteiger partial charge in [-0.25, -0.2) is 0 Å². The molecule has 0 amide bonds. The second-order valence-corrected chi connectivity index (χ2v) is 10.4. The summed E-state index contributed by atoms with van der Waals surface area (Å²) in [6, 6.07) is 9.82. The quantitative estimate of drug-likeness (QED) is 0.342. The number of benzene rings is 1. The molecule has 0 bridgehead atoms. The highest BCUT2D eigenvalue weighted by molar-refractivity contribution is 7.07. The molecule has 3 heterocycles. The molecule has 1 fully saturated rings. The number of likely N-dealkylation sites (tertiary alicyclic amines) is 1. The van der Waals surface area contributed by atoms with Gasteiger partial charge in [-0.15, -0.1) is 0 Å². The first kappa shape index (κ1) is 25.6. The Balaban J connectivity index is 1.36. The zero-order valence-electron chi connectivity index (χ0n) is 20.4. The molecule has 0 radical (unpaired) electrons. The lowest BCUT2D eigenvalue weighted by Crippen LogP contribution is -2.41. The maximum atomic E-state index is 11.3. The zero-order valence-corrected chi connectivity index (χ0v) is 21.3. The first-order valence-electron chi connectivity index (χ1n) is 12.6. The third kappa shape index (κ3) is 7.03. The van der Waals surface area contributed by atoms with Crippen molar-refractivity contribution in [1.29, 1.82) is 0 Å². The first-order valence-corrected chi connectivity index (χ1v) is 13.5. The number of aryl methyl sites for hydroxylation is 1. The molecule has 0 aliphatic carbocycles. The van der Waals surface area contributed by atoms with E-state index in [2.05, 4.69) is 26.7 Å². The van der Waals surface area contributed by atoms with E-state index in [0.717, 1.165) is 67.5 Å². The highest BCUT2D eigenvalue weighted by atomic mass is 32.1. The molecule has 3 atom stereocenters. The van der Waals surface area contributed by atoms with Gasteiger partial charge < -0.3 is 19.8 Å². The van der Waals surface area contributed by atoms with Crippen LogP contribution in [0.15, 0.2) is 47.3 Å². The highest BCUT2D eigenvalue weighted by Gasteiger charge is 2.30. The summed E-state index contributed by atoms with van der Waals surface area (Å²) in [6.07, 6.45) is 6.90. The molecule has 188 valence electrons. The van der Waals surface area contributed by atoms with Crippen LogP contribution < -0.4 is 4.74 Å². The Morgan fingerprint density at radius 2 is 2.14 bits per heavy atom. The molecule has 0 spiro atoms. The molecule has 0 saturated carbocycles. The maximum absolute atomic E-state index is 11.3. The Hall–Kier alpha value is -2.48. The van der Waals surface area contributed by atoms with E-state index in [0.29, 0.717) is 24.7 Å². The number of carboxylic acid groups (broad SMARTS) is 1. The Bertz CT molecular complexity index is 1090. The van der Waals surface area contributed by atoms with Crippen molar-refractivity contribution >= 4 is 28.2 Å². The lowest BCUT2D eigenvalue weighted by Gasteiger charge is -2.39. The van der Waals surface area contributed by atoms with E-state index in [1.54, 1.807) is 24.6 Å². The monoisotopic (exact) mass is 496 g/mol. The molecule has 1 aliphatic heterocycles. The minimum atomic E-state index is -0.726. The Kier molecular flexibility index (Phi) is 9.12. The lowest BCUT2D eigenvalue weighted by molar-refractivity contribution is -0.137. The van der Waals surface area contributed by atoms with Crippen LogP contribution >= 0.6 is 11.3 Å². The molecule has 1 aromatic carbocycles. The van der Waals surface area contributed by atoms with Crippen LogP contribution in [0.25, 0.3) is 10.9 Å². The van der Waals surface area contributed by atoms with Crippen molar-refractivity contribution in [2.75, 3.05) is 26.7 Å². The molecule has 4 rings (SSSR count). The topological polar surface area (TPSA) is 82.9 Å². The molecule has 2 aromatic heterocycles. The normalized spacial score (nSPS) is 19.6. The minimum absolute atomic E-state index is 0.210. The van der Waals surface area contributed by atoms with Gasteiger partial charge in [-0.2, -0.15) is 11.3 Å². The maximum Gasteiger partial charge on any atom is 0.303 e. The Morgan fingerprint density at radius 1 is 1.26 bits per heavy atom. The average molecular weight is 497 g/mol. The number of aliphatic hydroxyl groups is 1. The second kappa shape index (κ2) is 12.5. The summed E-state index contributed by atoms with van der Waals surface area (Å²) >= 11 is 1.74. The first-order chi connectivity index (χ1) is 17.0. The van der Waals surface area contributed by atoms with Crippen LogP contribution in [0.2, 0.25) is 0 Å². The number of methoxy groups -OCH3 is 1. The third-order valence-electron chi connectivity index (χ3n) is 7.38. The molecule has 7 heteroatoms. The van der Waals surface area contributed by atoms with Crippen LogP contribution in [0.3, 0.4) is 0 Å².